The first-order valence-electron chi connectivity index (χ1n) is 7.72. The lowest BCUT2D eigenvalue weighted by atomic mass is 10.2. The van der Waals surface area contributed by atoms with Gasteiger partial charge in [-0.3, -0.25) is 4.79 Å². The molecule has 0 saturated heterocycles. The Bertz CT molecular complexity index is 485. The number of rotatable bonds is 10. The molecule has 2 N–H and O–H groups in total. The van der Waals surface area contributed by atoms with Crippen molar-refractivity contribution in [2.45, 2.75) is 27.2 Å². The van der Waals surface area contributed by atoms with Crippen molar-refractivity contribution in [3.05, 3.63) is 22.7 Å². The molecule has 0 heterocycles. The Morgan fingerprint density at radius 1 is 1.17 bits per heavy atom. The van der Waals surface area contributed by atoms with Crippen LogP contribution in [-0.4, -0.2) is 38.8 Å². The number of ether oxygens (including phenoxy) is 2. The van der Waals surface area contributed by atoms with Crippen molar-refractivity contribution in [3.63, 3.8) is 0 Å². The largest absolute Gasteiger partial charge is 0.490 e. The van der Waals surface area contributed by atoms with Gasteiger partial charge in [0.1, 0.15) is 0 Å². The number of hydrogen-bond donors (Lipinski definition) is 2. The van der Waals surface area contributed by atoms with Crippen LogP contribution in [0, 0.1) is 0 Å². The van der Waals surface area contributed by atoms with E-state index in [4.69, 9.17) is 21.1 Å². The predicted octanol–water partition coefficient (Wildman–Crippen LogP) is 3.29. The summed E-state index contributed by atoms with van der Waals surface area (Å²) in [5, 5.41) is 6.37. The molecule has 1 aromatic rings. The Hall–Kier alpha value is -1.17. The third-order valence-corrected chi connectivity index (χ3v) is 3.14. The van der Waals surface area contributed by atoms with Gasteiger partial charge < -0.3 is 20.1 Å². The van der Waals surface area contributed by atoms with Crippen LogP contribution in [0.5, 0.6) is 11.5 Å². The highest BCUT2D eigenvalue weighted by Crippen LogP contribution is 2.36. The Labute approximate surface area is 149 Å². The van der Waals surface area contributed by atoms with Crippen LogP contribution >= 0.6 is 24.0 Å². The second-order valence-corrected chi connectivity index (χ2v) is 5.08. The number of nitrogens with one attached hydrogen (secondary N) is 2. The summed E-state index contributed by atoms with van der Waals surface area (Å²) in [6.07, 6.45) is 0.870. The summed E-state index contributed by atoms with van der Waals surface area (Å²) in [6.45, 7) is 9.10. The van der Waals surface area contributed by atoms with E-state index >= 15 is 0 Å². The molecule has 0 aliphatic carbocycles. The first kappa shape index (κ1) is 21.8. The third-order valence-electron chi connectivity index (χ3n) is 2.86. The van der Waals surface area contributed by atoms with Gasteiger partial charge in [-0.1, -0.05) is 25.4 Å². The van der Waals surface area contributed by atoms with Gasteiger partial charge >= 0.3 is 0 Å². The molecule has 0 aliphatic heterocycles. The van der Waals surface area contributed by atoms with Crippen molar-refractivity contribution >= 4 is 29.9 Å². The average Bonchev–Trinajstić information content (AvgIpc) is 2.50. The van der Waals surface area contributed by atoms with E-state index in [9.17, 15) is 4.79 Å². The van der Waals surface area contributed by atoms with Crippen LogP contribution in [0.3, 0.4) is 0 Å². The van der Waals surface area contributed by atoms with Gasteiger partial charge in [0.2, 0.25) is 0 Å². The third kappa shape index (κ3) is 7.29. The van der Waals surface area contributed by atoms with Crippen molar-refractivity contribution in [2.75, 3.05) is 32.8 Å². The van der Waals surface area contributed by atoms with Crippen molar-refractivity contribution < 1.29 is 14.3 Å². The number of halogens is 2. The summed E-state index contributed by atoms with van der Waals surface area (Å²) < 4.78 is 11.2. The number of likely N-dealkylation sites (N-methyl/N-ethyl adjacent to an activating group) is 1. The van der Waals surface area contributed by atoms with Crippen LogP contribution in [0.15, 0.2) is 12.1 Å². The van der Waals surface area contributed by atoms with Crippen LogP contribution in [0.4, 0.5) is 0 Å². The minimum Gasteiger partial charge on any atom is -0.490 e. The number of benzene rings is 1. The summed E-state index contributed by atoms with van der Waals surface area (Å²) in [7, 11) is 0. The first-order valence-corrected chi connectivity index (χ1v) is 8.09. The molecule has 5 nitrogen and oxygen atoms in total. The molecule has 23 heavy (non-hydrogen) atoms. The Morgan fingerprint density at radius 3 is 2.52 bits per heavy atom. The zero-order chi connectivity index (χ0) is 16.4. The highest BCUT2D eigenvalue weighted by atomic mass is 35.5. The Kier molecular flexibility index (Phi) is 11.7. The molecule has 0 atom stereocenters. The quantitative estimate of drug-likeness (QED) is 0.625. The lowest BCUT2D eigenvalue weighted by molar-refractivity contribution is 0.0953. The second kappa shape index (κ2) is 12.3. The maximum atomic E-state index is 12.1. The topological polar surface area (TPSA) is 59.6 Å². The van der Waals surface area contributed by atoms with E-state index in [1.165, 1.54) is 0 Å². The lowest BCUT2D eigenvalue weighted by Crippen LogP contribution is -2.31. The van der Waals surface area contributed by atoms with E-state index in [1.54, 1.807) is 12.1 Å². The van der Waals surface area contributed by atoms with E-state index in [-0.39, 0.29) is 18.3 Å². The van der Waals surface area contributed by atoms with Crippen LogP contribution in [0.25, 0.3) is 0 Å². The number of hydrogen-bond acceptors (Lipinski definition) is 4. The summed E-state index contributed by atoms with van der Waals surface area (Å²) in [5.74, 6) is 0.817. The summed E-state index contributed by atoms with van der Waals surface area (Å²) in [4.78, 5) is 12.1. The van der Waals surface area contributed by atoms with Crippen LogP contribution in [0.2, 0.25) is 5.02 Å². The van der Waals surface area contributed by atoms with Crippen LogP contribution in [0.1, 0.15) is 37.6 Å². The van der Waals surface area contributed by atoms with Crippen LogP contribution < -0.4 is 20.1 Å². The van der Waals surface area contributed by atoms with Gasteiger partial charge in [-0.25, -0.2) is 0 Å². The fourth-order valence-corrected chi connectivity index (χ4v) is 2.11. The monoisotopic (exact) mass is 364 g/mol. The minimum atomic E-state index is -0.178. The summed E-state index contributed by atoms with van der Waals surface area (Å²) >= 11 is 6.24. The predicted molar refractivity (Wildman–Crippen MR) is 96.5 cm³/mol. The van der Waals surface area contributed by atoms with Crippen molar-refractivity contribution in [2.24, 2.45) is 0 Å². The molecule has 132 valence electrons. The smallest absolute Gasteiger partial charge is 0.251 e. The van der Waals surface area contributed by atoms with E-state index < -0.39 is 0 Å². The van der Waals surface area contributed by atoms with Crippen molar-refractivity contribution in [1.82, 2.24) is 10.6 Å². The number of amides is 1. The summed E-state index contributed by atoms with van der Waals surface area (Å²) in [6, 6.07) is 3.28. The highest BCUT2D eigenvalue weighted by molar-refractivity contribution is 6.32. The van der Waals surface area contributed by atoms with Crippen molar-refractivity contribution in [3.8, 4) is 11.5 Å². The summed E-state index contributed by atoms with van der Waals surface area (Å²) in [5.41, 5.74) is 0.466. The van der Waals surface area contributed by atoms with Gasteiger partial charge in [-0.05, 0) is 32.0 Å². The maximum Gasteiger partial charge on any atom is 0.251 e. The van der Waals surface area contributed by atoms with Crippen LogP contribution in [-0.2, 0) is 0 Å². The SMILES string of the molecule is CCCOc1c(Cl)cc(C(=O)NCCNCC)cc1OCC.Cl. The molecular formula is C16H26Cl2N2O3. The highest BCUT2D eigenvalue weighted by Gasteiger charge is 2.16. The molecule has 0 aromatic heterocycles. The van der Waals surface area contributed by atoms with Gasteiger partial charge in [0.15, 0.2) is 11.5 Å². The minimum absolute atomic E-state index is 0. The average molecular weight is 365 g/mol. The molecule has 0 fully saturated rings. The molecule has 0 radical (unpaired) electrons. The number of carbonyl (C=O) groups excluding carboxylic acids is 1. The fraction of sp³-hybridized carbons (Fsp3) is 0.562. The first-order chi connectivity index (χ1) is 10.6. The Morgan fingerprint density at radius 2 is 1.91 bits per heavy atom. The van der Waals surface area contributed by atoms with E-state index in [0.29, 0.717) is 41.8 Å². The van der Waals surface area contributed by atoms with Gasteiger partial charge in [0.05, 0.1) is 18.2 Å². The molecule has 7 heteroatoms. The number of carbonyl (C=O) groups is 1. The zero-order valence-corrected chi connectivity index (χ0v) is 15.5. The van der Waals surface area contributed by atoms with Crippen molar-refractivity contribution in [1.29, 1.82) is 0 Å². The van der Waals surface area contributed by atoms with E-state index in [2.05, 4.69) is 10.6 Å². The lowest BCUT2D eigenvalue weighted by Gasteiger charge is -2.15. The fourth-order valence-electron chi connectivity index (χ4n) is 1.85. The molecule has 0 bridgehead atoms. The molecule has 1 rings (SSSR count). The second-order valence-electron chi connectivity index (χ2n) is 4.68. The van der Waals surface area contributed by atoms with Gasteiger partial charge in [0, 0.05) is 18.7 Å². The van der Waals surface area contributed by atoms with Gasteiger partial charge in [0.25, 0.3) is 5.91 Å². The van der Waals surface area contributed by atoms with E-state index in [0.717, 1.165) is 19.5 Å². The maximum absolute atomic E-state index is 12.1. The van der Waals surface area contributed by atoms with E-state index in [1.807, 2.05) is 20.8 Å². The normalized spacial score (nSPS) is 9.91. The molecule has 0 spiro atoms. The molecule has 0 aliphatic rings. The van der Waals surface area contributed by atoms with Gasteiger partial charge in [-0.15, -0.1) is 12.4 Å². The van der Waals surface area contributed by atoms with Gasteiger partial charge in [-0.2, -0.15) is 0 Å². The Balaban J connectivity index is 0.00000484. The molecule has 0 saturated carbocycles. The molecule has 1 amide bonds. The molecular weight excluding hydrogens is 339 g/mol. The molecule has 1 aromatic carbocycles. The molecule has 0 unspecified atom stereocenters. The zero-order valence-electron chi connectivity index (χ0n) is 13.9. The standard InChI is InChI=1S/C16H25ClN2O3.ClH/c1-4-9-22-15-13(17)10-12(11-14(15)21-6-3)16(20)19-8-7-18-5-2;/h10-11,18H,4-9H2,1-3H3,(H,19,20);1H.